The smallest absolute Gasteiger partial charge is 0.267 e. The van der Waals surface area contributed by atoms with E-state index in [1.807, 2.05) is 52.9 Å². The molecule has 0 bridgehead atoms. The van der Waals surface area contributed by atoms with Crippen LogP contribution >= 0.6 is 11.8 Å². The van der Waals surface area contributed by atoms with E-state index >= 15 is 0 Å². The largest absolute Gasteiger partial charge is 0.350 e. The lowest BCUT2D eigenvalue weighted by Gasteiger charge is -2.17. The van der Waals surface area contributed by atoms with Crippen LogP contribution in [0.3, 0.4) is 0 Å². The van der Waals surface area contributed by atoms with Gasteiger partial charge in [0, 0.05) is 29.8 Å². The first-order valence-electron chi connectivity index (χ1n) is 7.57. The van der Waals surface area contributed by atoms with Crippen molar-refractivity contribution in [3.05, 3.63) is 59.9 Å². The van der Waals surface area contributed by atoms with E-state index in [0.717, 1.165) is 5.75 Å². The summed E-state index contributed by atoms with van der Waals surface area (Å²) in [5.74, 6) is 0.921. The second-order valence-corrected chi connectivity index (χ2v) is 8.15. The first-order valence-corrected chi connectivity index (χ1v) is 8.55. The van der Waals surface area contributed by atoms with Gasteiger partial charge in [-0.25, -0.2) is 0 Å². The summed E-state index contributed by atoms with van der Waals surface area (Å²) < 4.78 is 2.22. The van der Waals surface area contributed by atoms with Crippen molar-refractivity contribution in [1.82, 2.24) is 9.88 Å². The topological polar surface area (TPSA) is 34.0 Å². The summed E-state index contributed by atoms with van der Waals surface area (Å²) in [6.45, 7) is 7.96. The summed E-state index contributed by atoms with van der Waals surface area (Å²) in [5, 5.41) is 3.00. The van der Waals surface area contributed by atoms with E-state index in [4.69, 9.17) is 0 Å². The summed E-state index contributed by atoms with van der Waals surface area (Å²) >= 11 is 1.86. The maximum Gasteiger partial charge on any atom is 0.267 e. The molecule has 22 heavy (non-hydrogen) atoms. The van der Waals surface area contributed by atoms with Gasteiger partial charge in [-0.1, -0.05) is 51.1 Å². The molecule has 1 aromatic carbocycles. The van der Waals surface area contributed by atoms with Crippen LogP contribution in [0.15, 0.2) is 48.7 Å². The first-order chi connectivity index (χ1) is 10.5. The highest BCUT2D eigenvalue weighted by Gasteiger charge is 2.12. The van der Waals surface area contributed by atoms with Crippen molar-refractivity contribution in [1.29, 1.82) is 0 Å². The van der Waals surface area contributed by atoms with Crippen LogP contribution in [0.4, 0.5) is 0 Å². The monoisotopic (exact) mass is 316 g/mol. The third kappa shape index (κ3) is 5.26. The number of rotatable bonds is 6. The van der Waals surface area contributed by atoms with E-state index in [9.17, 15) is 4.79 Å². The van der Waals surface area contributed by atoms with E-state index in [-0.39, 0.29) is 10.7 Å². The van der Waals surface area contributed by atoms with Gasteiger partial charge < -0.3 is 9.88 Å². The predicted octanol–water partition coefficient (Wildman–Crippen LogP) is 3.80. The molecule has 0 fully saturated rings. The molecule has 0 aliphatic heterocycles. The Labute approximate surface area is 137 Å². The van der Waals surface area contributed by atoms with Crippen LogP contribution in [0, 0.1) is 0 Å². The number of carbonyl (C=O) groups excluding carboxylic acids is 1. The second-order valence-electron chi connectivity index (χ2n) is 6.22. The highest BCUT2D eigenvalue weighted by atomic mass is 32.2. The minimum Gasteiger partial charge on any atom is -0.350 e. The van der Waals surface area contributed by atoms with Crippen molar-refractivity contribution in [2.24, 2.45) is 0 Å². The predicted molar refractivity (Wildman–Crippen MR) is 94.5 cm³/mol. The Hall–Kier alpha value is -1.68. The van der Waals surface area contributed by atoms with E-state index in [1.165, 1.54) is 5.56 Å². The van der Waals surface area contributed by atoms with Gasteiger partial charge in [0.1, 0.15) is 5.69 Å². The molecule has 1 heterocycles. The van der Waals surface area contributed by atoms with Crippen molar-refractivity contribution in [2.45, 2.75) is 32.1 Å². The maximum absolute atomic E-state index is 12.3. The number of benzene rings is 1. The highest BCUT2D eigenvalue weighted by molar-refractivity contribution is 8.00. The van der Waals surface area contributed by atoms with Gasteiger partial charge in [0.2, 0.25) is 0 Å². The normalized spacial score (nSPS) is 11.4. The third-order valence-corrected chi connectivity index (χ3v) is 4.45. The fourth-order valence-corrected chi connectivity index (χ4v) is 2.97. The zero-order valence-electron chi connectivity index (χ0n) is 13.5. The number of nitrogens with one attached hydrogen (secondary N) is 1. The number of nitrogens with zero attached hydrogens (tertiary/aromatic N) is 1. The molecule has 1 aromatic heterocycles. The van der Waals surface area contributed by atoms with Gasteiger partial charge in [0.15, 0.2) is 0 Å². The number of carbonyl (C=O) groups is 1. The molecule has 0 saturated carbocycles. The first kappa shape index (κ1) is 16.7. The van der Waals surface area contributed by atoms with Crippen LogP contribution in [0.2, 0.25) is 0 Å². The summed E-state index contributed by atoms with van der Waals surface area (Å²) in [7, 11) is 0. The molecule has 2 aromatic rings. The standard InChI is InChI=1S/C18H24N2OS/c1-18(2,3)22-13-11-19-17(21)16-10-7-12-20(16)14-15-8-5-4-6-9-15/h4-10,12H,11,13-14H2,1-3H3,(H,19,21). The SMILES string of the molecule is CC(C)(C)SCCNC(=O)c1cccn1Cc1ccccc1. The Kier molecular flexibility index (Phi) is 5.72. The molecule has 3 nitrogen and oxygen atoms in total. The number of thioether (sulfide) groups is 1. The number of aromatic nitrogens is 1. The Morgan fingerprint density at radius 2 is 1.86 bits per heavy atom. The molecule has 4 heteroatoms. The maximum atomic E-state index is 12.3. The number of hydrogen-bond donors (Lipinski definition) is 1. The van der Waals surface area contributed by atoms with E-state index in [0.29, 0.717) is 18.8 Å². The lowest BCUT2D eigenvalue weighted by Crippen LogP contribution is -2.28. The molecular weight excluding hydrogens is 292 g/mol. The van der Waals surface area contributed by atoms with Gasteiger partial charge in [-0.05, 0) is 17.7 Å². The Bertz CT molecular complexity index is 599. The van der Waals surface area contributed by atoms with Crippen LogP contribution in [0.25, 0.3) is 0 Å². The van der Waals surface area contributed by atoms with Crippen LogP contribution in [0.5, 0.6) is 0 Å². The molecule has 0 aliphatic carbocycles. The molecule has 1 amide bonds. The van der Waals surface area contributed by atoms with E-state index in [1.54, 1.807) is 0 Å². The molecule has 0 aliphatic rings. The van der Waals surface area contributed by atoms with Crippen molar-refractivity contribution in [3.8, 4) is 0 Å². The van der Waals surface area contributed by atoms with Crippen molar-refractivity contribution in [2.75, 3.05) is 12.3 Å². The molecule has 0 spiro atoms. The number of hydrogen-bond acceptors (Lipinski definition) is 2. The summed E-state index contributed by atoms with van der Waals surface area (Å²) in [5.41, 5.74) is 1.90. The van der Waals surface area contributed by atoms with Gasteiger partial charge in [0.25, 0.3) is 5.91 Å². The Morgan fingerprint density at radius 3 is 2.55 bits per heavy atom. The van der Waals surface area contributed by atoms with Gasteiger partial charge in [-0.3, -0.25) is 4.79 Å². The lowest BCUT2D eigenvalue weighted by atomic mass is 10.2. The summed E-state index contributed by atoms with van der Waals surface area (Å²) in [6, 6.07) is 14.0. The fourth-order valence-electron chi connectivity index (χ4n) is 2.15. The second kappa shape index (κ2) is 7.54. The number of amides is 1. The van der Waals surface area contributed by atoms with Crippen LogP contribution in [-0.4, -0.2) is 27.5 Å². The van der Waals surface area contributed by atoms with Crippen LogP contribution in [0.1, 0.15) is 36.8 Å². The van der Waals surface area contributed by atoms with Crippen molar-refractivity contribution < 1.29 is 4.79 Å². The molecule has 0 radical (unpaired) electrons. The molecule has 2 rings (SSSR count). The molecule has 0 unspecified atom stereocenters. The average molecular weight is 316 g/mol. The summed E-state index contributed by atoms with van der Waals surface area (Å²) in [6.07, 6.45) is 1.95. The van der Waals surface area contributed by atoms with Gasteiger partial charge in [-0.2, -0.15) is 11.8 Å². The zero-order valence-corrected chi connectivity index (χ0v) is 14.3. The molecular formula is C18H24N2OS. The fraction of sp³-hybridized carbons (Fsp3) is 0.389. The van der Waals surface area contributed by atoms with Crippen LogP contribution in [-0.2, 0) is 6.54 Å². The van der Waals surface area contributed by atoms with Crippen LogP contribution < -0.4 is 5.32 Å². The lowest BCUT2D eigenvalue weighted by molar-refractivity contribution is 0.0947. The third-order valence-electron chi connectivity index (χ3n) is 3.18. The van der Waals surface area contributed by atoms with Gasteiger partial charge in [0.05, 0.1) is 0 Å². The highest BCUT2D eigenvalue weighted by Crippen LogP contribution is 2.22. The molecule has 1 N–H and O–H groups in total. The van der Waals surface area contributed by atoms with Gasteiger partial charge >= 0.3 is 0 Å². The minimum absolute atomic E-state index is 0.00422. The van der Waals surface area contributed by atoms with E-state index < -0.39 is 0 Å². The molecule has 0 saturated heterocycles. The zero-order chi connectivity index (χ0) is 16.0. The van der Waals surface area contributed by atoms with E-state index in [2.05, 4.69) is 38.2 Å². The quantitative estimate of drug-likeness (QED) is 0.823. The molecule has 0 atom stereocenters. The average Bonchev–Trinajstić information content (AvgIpc) is 2.92. The summed E-state index contributed by atoms with van der Waals surface area (Å²) in [4.78, 5) is 12.3. The van der Waals surface area contributed by atoms with Crippen molar-refractivity contribution >= 4 is 17.7 Å². The van der Waals surface area contributed by atoms with Crippen molar-refractivity contribution in [3.63, 3.8) is 0 Å². The van der Waals surface area contributed by atoms with Gasteiger partial charge in [-0.15, -0.1) is 0 Å². The minimum atomic E-state index is -0.00422. The Balaban J connectivity index is 1.90. The molecule has 118 valence electrons. The Morgan fingerprint density at radius 1 is 1.14 bits per heavy atom.